The van der Waals surface area contributed by atoms with Crippen LogP contribution in [0.15, 0.2) is 39.7 Å². The Morgan fingerprint density at radius 1 is 1.11 bits per heavy atom. The Kier molecular flexibility index (Phi) is 7.22. The van der Waals surface area contributed by atoms with Gasteiger partial charge in [-0.1, -0.05) is 26.5 Å². The zero-order chi connectivity index (χ0) is 31.6. The Hall–Kier alpha value is -4.66. The van der Waals surface area contributed by atoms with Crippen LogP contribution in [0.2, 0.25) is 0 Å². The summed E-state index contributed by atoms with van der Waals surface area (Å²) in [5, 5.41) is 15.1. The van der Waals surface area contributed by atoms with E-state index in [1.807, 2.05) is 32.9 Å². The molecule has 8 bridgehead atoms. The summed E-state index contributed by atoms with van der Waals surface area (Å²) < 4.78 is 5.14. The van der Waals surface area contributed by atoms with Crippen molar-refractivity contribution in [3.05, 3.63) is 79.0 Å². The van der Waals surface area contributed by atoms with Crippen molar-refractivity contribution in [1.29, 1.82) is 0 Å². The van der Waals surface area contributed by atoms with Gasteiger partial charge < -0.3 is 25.1 Å². The number of aliphatic imine (C=N–C) groups is 1. The quantitative estimate of drug-likeness (QED) is 0.298. The SMILES string of the molecule is C=Cc1c2[nH]c(c1C)/C=C1\NC(=C3C4=NC(/C=c5\[nH]/c(c(C)c5CC)=C\2)C(C)=C4C(=O)[C@@H]3C(=O)OC)[C@@H](CCC(=O)O)[C@@H]1C. The molecular formula is C35H38N4O5. The zero-order valence-corrected chi connectivity index (χ0v) is 26.0. The van der Waals surface area contributed by atoms with Crippen molar-refractivity contribution in [3.63, 3.8) is 0 Å². The lowest BCUT2D eigenvalue weighted by Gasteiger charge is -2.19. The molecule has 1 aliphatic carbocycles. The van der Waals surface area contributed by atoms with Gasteiger partial charge in [-0.25, -0.2) is 0 Å². The second-order valence-electron chi connectivity index (χ2n) is 12.1. The third-order valence-corrected chi connectivity index (χ3v) is 9.82. The minimum Gasteiger partial charge on any atom is -0.481 e. The van der Waals surface area contributed by atoms with Crippen LogP contribution in [-0.2, 0) is 25.5 Å². The van der Waals surface area contributed by atoms with Crippen LogP contribution in [0.5, 0.6) is 0 Å². The predicted molar refractivity (Wildman–Crippen MR) is 170 cm³/mol. The van der Waals surface area contributed by atoms with E-state index in [-0.39, 0.29) is 24.0 Å². The average Bonchev–Trinajstić information content (AvgIpc) is 3.72. The topological polar surface area (TPSA) is 137 Å². The van der Waals surface area contributed by atoms with E-state index < -0.39 is 23.9 Å². The van der Waals surface area contributed by atoms with Gasteiger partial charge in [0.25, 0.3) is 0 Å². The Bertz CT molecular complexity index is 1910. The molecule has 0 amide bonds. The number of Topliss-reactive ketones (excluding diaryl/α,β-unsaturated/α-hetero) is 1. The Morgan fingerprint density at radius 2 is 1.86 bits per heavy atom. The fraction of sp³-hybridized carbons (Fsp3) is 0.371. The van der Waals surface area contributed by atoms with Crippen molar-refractivity contribution < 1.29 is 24.2 Å². The Morgan fingerprint density at radius 3 is 2.52 bits per heavy atom. The number of nitrogens with zero attached hydrogens (tertiary/aromatic N) is 1. The minimum atomic E-state index is -1.17. The molecule has 2 fully saturated rings. The summed E-state index contributed by atoms with van der Waals surface area (Å²) in [7, 11) is 1.28. The smallest absolute Gasteiger partial charge is 0.321 e. The highest BCUT2D eigenvalue weighted by Crippen LogP contribution is 2.46. The second-order valence-corrected chi connectivity index (χ2v) is 12.1. The van der Waals surface area contributed by atoms with E-state index >= 15 is 0 Å². The number of carbonyl (C=O) groups excluding carboxylic acids is 2. The molecule has 9 heteroatoms. The number of ether oxygens (including phenoxy) is 1. The van der Waals surface area contributed by atoms with Crippen molar-refractivity contribution in [3.8, 4) is 0 Å². The van der Waals surface area contributed by atoms with Gasteiger partial charge in [-0.05, 0) is 74.1 Å². The summed E-state index contributed by atoms with van der Waals surface area (Å²) in [4.78, 5) is 51.2. The van der Waals surface area contributed by atoms with Crippen molar-refractivity contribution in [1.82, 2.24) is 15.3 Å². The monoisotopic (exact) mass is 594 g/mol. The van der Waals surface area contributed by atoms with E-state index in [1.165, 1.54) is 12.7 Å². The fourth-order valence-corrected chi connectivity index (χ4v) is 7.34. The van der Waals surface area contributed by atoms with Crippen LogP contribution >= 0.6 is 0 Å². The maximum absolute atomic E-state index is 14.0. The molecule has 1 saturated heterocycles. The lowest BCUT2D eigenvalue weighted by Crippen LogP contribution is -2.27. The Labute approximate surface area is 255 Å². The molecule has 44 heavy (non-hydrogen) atoms. The van der Waals surface area contributed by atoms with E-state index in [4.69, 9.17) is 9.73 Å². The lowest BCUT2D eigenvalue weighted by molar-refractivity contribution is -0.146. The number of allylic oxidation sites excluding steroid dienone is 3. The van der Waals surface area contributed by atoms with Gasteiger partial charge in [-0.2, -0.15) is 0 Å². The van der Waals surface area contributed by atoms with Gasteiger partial charge >= 0.3 is 11.9 Å². The number of aromatic nitrogens is 2. The third kappa shape index (κ3) is 4.36. The number of H-pyrrole nitrogens is 2. The Balaban J connectivity index is 1.71. The van der Waals surface area contributed by atoms with Crippen LogP contribution in [0, 0.1) is 31.6 Å². The number of hydrogen-bond acceptors (Lipinski definition) is 6. The maximum Gasteiger partial charge on any atom is 0.321 e. The molecule has 0 spiro atoms. The van der Waals surface area contributed by atoms with Gasteiger partial charge in [0.2, 0.25) is 0 Å². The van der Waals surface area contributed by atoms with Gasteiger partial charge in [-0.3, -0.25) is 19.4 Å². The van der Waals surface area contributed by atoms with Gasteiger partial charge in [-0.15, -0.1) is 0 Å². The lowest BCUT2D eigenvalue weighted by atomic mass is 9.85. The molecule has 4 atom stereocenters. The molecule has 3 aliphatic heterocycles. The first kappa shape index (κ1) is 29.4. The number of esters is 1. The van der Waals surface area contributed by atoms with E-state index in [9.17, 15) is 19.5 Å². The third-order valence-electron chi connectivity index (χ3n) is 9.82. The number of nitrogens with one attached hydrogen (secondary N) is 3. The molecule has 1 saturated carbocycles. The van der Waals surface area contributed by atoms with E-state index in [0.717, 1.165) is 56.5 Å². The first-order chi connectivity index (χ1) is 21.0. The molecule has 1 unspecified atom stereocenters. The van der Waals surface area contributed by atoms with Crippen molar-refractivity contribution in [2.24, 2.45) is 22.7 Å². The number of carbonyl (C=O) groups is 3. The molecule has 6 rings (SSSR count). The number of ketones is 1. The largest absolute Gasteiger partial charge is 0.481 e. The first-order valence-electron chi connectivity index (χ1n) is 15.1. The van der Waals surface area contributed by atoms with Gasteiger partial charge in [0, 0.05) is 68.4 Å². The number of aromatic amines is 2. The molecule has 0 radical (unpaired) electrons. The number of aliphatic carboxylic acids is 1. The second kappa shape index (κ2) is 10.8. The molecule has 0 aromatic carbocycles. The van der Waals surface area contributed by atoms with Crippen molar-refractivity contribution in [2.75, 3.05) is 7.11 Å². The molecule has 9 nitrogen and oxygen atoms in total. The summed E-state index contributed by atoms with van der Waals surface area (Å²) in [5.74, 6) is -3.46. The predicted octanol–water partition coefficient (Wildman–Crippen LogP) is 3.61. The average molecular weight is 595 g/mol. The molecule has 5 heterocycles. The molecule has 4 N–H and O–H groups in total. The summed E-state index contributed by atoms with van der Waals surface area (Å²) in [6.45, 7) is 14.3. The highest BCUT2D eigenvalue weighted by atomic mass is 16.5. The number of fused-ring (bicyclic) bond motifs is 7. The van der Waals surface area contributed by atoms with Gasteiger partial charge in [0.05, 0.1) is 18.9 Å². The zero-order valence-electron chi connectivity index (χ0n) is 26.0. The molecule has 228 valence electrons. The summed E-state index contributed by atoms with van der Waals surface area (Å²) in [5.41, 5.74) is 9.89. The van der Waals surface area contributed by atoms with Gasteiger partial charge in [0.1, 0.15) is 5.92 Å². The van der Waals surface area contributed by atoms with Crippen molar-refractivity contribution in [2.45, 2.75) is 59.9 Å². The number of carboxylic acids is 1. The van der Waals surface area contributed by atoms with E-state index in [2.05, 4.69) is 47.9 Å². The summed E-state index contributed by atoms with van der Waals surface area (Å²) in [6.07, 6.45) is 9.14. The summed E-state index contributed by atoms with van der Waals surface area (Å²) in [6, 6.07) is -0.406. The minimum absolute atomic E-state index is 0.0580. The number of hydrogen-bond donors (Lipinski definition) is 4. The molecule has 2 aromatic rings. The number of rotatable bonds is 6. The fourth-order valence-electron chi connectivity index (χ4n) is 7.34. The normalized spacial score (nSPS) is 26.4. The summed E-state index contributed by atoms with van der Waals surface area (Å²) >= 11 is 0. The molecule has 4 aliphatic rings. The first-order valence-corrected chi connectivity index (χ1v) is 15.1. The van der Waals surface area contributed by atoms with Crippen molar-refractivity contribution >= 4 is 47.7 Å². The van der Waals surface area contributed by atoms with E-state index in [0.29, 0.717) is 29.0 Å². The number of carboxylic acid groups (broad SMARTS) is 1. The standard InChI is InChI=1S/C35H38N4O5/c1-8-19-15(3)22-12-24-17(5)21(10-11-28(40)41)32(38-24)30-31(35(43)44-7)34(42)29-18(6)25(39-33(29)30)14-27-20(9-2)16(4)23(37-27)13-26(19)36-22/h8,12-14,17,21,25,31,36-38H,1,9-11H2,2-7H3,(H,40,41)/b23-13-,24-12-,27-14-,32-30?/t17-,21-,25?,31+/m0/s1. The molecular weight excluding hydrogens is 556 g/mol. The van der Waals surface area contributed by atoms with Crippen LogP contribution < -0.4 is 16.0 Å². The maximum atomic E-state index is 14.0. The van der Waals surface area contributed by atoms with Crippen LogP contribution in [-0.4, -0.2) is 51.7 Å². The van der Waals surface area contributed by atoms with Gasteiger partial charge in [0.15, 0.2) is 5.78 Å². The number of methoxy groups -OCH3 is 1. The van der Waals surface area contributed by atoms with Crippen LogP contribution in [0.3, 0.4) is 0 Å². The van der Waals surface area contributed by atoms with Crippen LogP contribution in [0.1, 0.15) is 67.3 Å². The van der Waals surface area contributed by atoms with E-state index in [1.54, 1.807) is 0 Å². The van der Waals surface area contributed by atoms with Crippen LogP contribution in [0.4, 0.5) is 0 Å². The highest BCUT2D eigenvalue weighted by Gasteiger charge is 2.52. The molecule has 2 aromatic heterocycles. The highest BCUT2D eigenvalue weighted by molar-refractivity contribution is 6.42. The van der Waals surface area contributed by atoms with Crippen LogP contribution in [0.25, 0.3) is 24.3 Å².